The van der Waals surface area contributed by atoms with Crippen LogP contribution in [0.15, 0.2) is 91.0 Å². The summed E-state index contributed by atoms with van der Waals surface area (Å²) in [5.74, 6) is -2.91. The zero-order valence-corrected chi connectivity index (χ0v) is 64.8. The van der Waals surface area contributed by atoms with Gasteiger partial charge in [-0.3, -0.25) is 24.0 Å². The lowest BCUT2D eigenvalue weighted by atomic mass is 10.1. The molecule has 31 nitrogen and oxygen atoms in total. The Balaban J connectivity index is -0.000000333. The van der Waals surface area contributed by atoms with E-state index in [-0.39, 0.29) is 102 Å². The maximum absolute atomic E-state index is 12.7. The highest BCUT2D eigenvalue weighted by molar-refractivity contribution is 5.96. The monoisotopic (exact) mass is 1630 g/mol. The smallest absolute Gasteiger partial charge is 0.415 e. The number of hydrogen-bond acceptors (Lipinski definition) is 23. The number of alkyl carbamates (subject to hydrolysis) is 5. The second-order valence-corrected chi connectivity index (χ2v) is 25.6. The van der Waals surface area contributed by atoms with E-state index in [2.05, 4.69) is 82.3 Å². The molecule has 31 heteroatoms. The lowest BCUT2D eigenvalue weighted by Gasteiger charge is -2.21. The van der Waals surface area contributed by atoms with Crippen LogP contribution in [0.25, 0.3) is 0 Å². The predicted octanol–water partition coefficient (Wildman–Crippen LogP) is 13.1. The first kappa shape index (κ1) is 116. The fraction of sp³-hybridized carbons (Fsp3) is 0.643. The Morgan fingerprint density at radius 2 is 0.783 bits per heavy atom. The Morgan fingerprint density at radius 3 is 1.16 bits per heavy atom. The van der Waals surface area contributed by atoms with Gasteiger partial charge in [0.1, 0.15) is 37.9 Å². The van der Waals surface area contributed by atoms with Crippen molar-refractivity contribution in [1.82, 2.24) is 42.5 Å². The summed E-state index contributed by atoms with van der Waals surface area (Å²) in [5.41, 5.74) is 19.8. The SMILES string of the molecule is C.C.C.C.C.C.C1CCOC1.CCCCCCN.CCCCCCNC(=O)C(CCCCNC(=O)OCc1ccccc1)NC(=O)C(N)CCC(=O)OC.CCCCCCNC(=O)C(N)CCCCNC(=O)OCc1ccccc1.COC(=O)CCC1NC(=O)OC1=O.O=C(NCCCCC1NC(=O)OC1=O)OCc1ccccc1. The maximum Gasteiger partial charge on any atom is 0.415 e. The van der Waals surface area contributed by atoms with Crippen molar-refractivity contribution in [2.45, 2.75) is 289 Å². The summed E-state index contributed by atoms with van der Waals surface area (Å²) in [6.45, 7) is 12.6. The quantitative estimate of drug-likeness (QED) is 0.0108. The number of esters is 4. The van der Waals surface area contributed by atoms with E-state index in [0.717, 1.165) is 87.8 Å². The number of methoxy groups -OCH3 is 2. The number of nitrogens with two attached hydrogens (primary N) is 3. The van der Waals surface area contributed by atoms with E-state index in [9.17, 15) is 57.5 Å². The number of nitrogens with one attached hydrogen (secondary N) is 8. The van der Waals surface area contributed by atoms with Gasteiger partial charge in [0.2, 0.25) is 17.7 Å². The molecule has 3 aromatic carbocycles. The van der Waals surface area contributed by atoms with Crippen LogP contribution < -0.4 is 59.7 Å². The highest BCUT2D eigenvalue weighted by atomic mass is 16.6. The minimum absolute atomic E-state index is 0. The van der Waals surface area contributed by atoms with E-state index in [0.29, 0.717) is 77.7 Å². The average Bonchev–Trinajstić information content (AvgIpc) is 1.75. The number of unbranched alkanes of at least 4 members (excludes halogenated alkanes) is 12. The maximum atomic E-state index is 12.7. The van der Waals surface area contributed by atoms with Crippen LogP contribution >= 0.6 is 0 Å². The fourth-order valence-corrected chi connectivity index (χ4v) is 9.91. The van der Waals surface area contributed by atoms with Crippen molar-refractivity contribution >= 4 is 72.1 Å². The molecule has 0 saturated carbocycles. The first-order valence-corrected chi connectivity index (χ1v) is 38.4. The molecule has 3 fully saturated rings. The number of benzene rings is 3. The first-order chi connectivity index (χ1) is 52.7. The average molecular weight is 1630 g/mol. The van der Waals surface area contributed by atoms with E-state index in [1.165, 1.54) is 65.6 Å². The molecule has 0 aliphatic carbocycles. The number of carbonyl (C=O) groups excluding carboxylic acids is 12. The zero-order chi connectivity index (χ0) is 80.3. The van der Waals surface area contributed by atoms with Gasteiger partial charge in [-0.15, -0.1) is 0 Å². The van der Waals surface area contributed by atoms with Gasteiger partial charge in [-0.25, -0.2) is 33.6 Å². The number of rotatable bonds is 45. The highest BCUT2D eigenvalue weighted by Crippen LogP contribution is 2.12. The molecule has 660 valence electrons. The molecule has 3 aliphatic rings. The van der Waals surface area contributed by atoms with Gasteiger partial charge in [0.05, 0.1) is 26.3 Å². The van der Waals surface area contributed by atoms with Crippen LogP contribution in [-0.4, -0.2) is 169 Å². The third kappa shape index (κ3) is 64.5. The van der Waals surface area contributed by atoms with Crippen molar-refractivity contribution in [2.75, 3.05) is 66.7 Å². The minimum atomic E-state index is -0.926. The number of ether oxygens (including phenoxy) is 8. The predicted molar refractivity (Wildman–Crippen MR) is 451 cm³/mol. The summed E-state index contributed by atoms with van der Waals surface area (Å²) >= 11 is 0. The molecule has 3 aliphatic heterocycles. The number of carbonyl (C=O) groups is 12. The Bertz CT molecular complexity index is 2980. The summed E-state index contributed by atoms with van der Waals surface area (Å²) in [7, 11) is 2.53. The fourth-order valence-electron chi connectivity index (χ4n) is 9.91. The Hall–Kier alpha value is -9.46. The van der Waals surface area contributed by atoms with Gasteiger partial charge in [-0.05, 0) is 126 Å². The van der Waals surface area contributed by atoms with Crippen molar-refractivity contribution in [3.05, 3.63) is 108 Å². The van der Waals surface area contributed by atoms with E-state index in [4.69, 9.17) is 36.1 Å². The summed E-state index contributed by atoms with van der Waals surface area (Å²) in [4.78, 5) is 137. The Labute approximate surface area is 687 Å². The standard InChI is InChI=1S/C26H42N4O6.C20H33N3O3.C15H18N2O5.C7H9NO5.C6H15N.C4H8O.6CH4/c1-3-4-5-10-17-28-25(33)22(30-24(32)21(27)15-16-23(31)35-2)14-9-11-18-29-26(34)36-19-20-12-7-6-8-13-20;1-2-3-4-9-14-22-19(24)18(21)13-8-10-15-23-20(25)26-16-17-11-6-5-7-12-17;18-13-12(17-15(20)22-13)8-4-5-9-16-14(19)21-10-11-6-2-1-3-7-11;1-12-5(9)3-2-4-6(10)13-7(11)8-4;1-2-3-4-5-6-7;1-2-4-5-3-1;;;;;;/h6-8,12-13,21-22H,3-5,9-11,14-19,27H2,1-2H3,(H,28,33)(H,29,34)(H,30,32);5-7,11-12,18H,2-4,8-10,13-16,21H2,1H3,(H,22,24)(H,23,25);1-3,6-7,12H,4-5,8-10H2,(H,16,19)(H,17,20);4H,2-3H2,1H3,(H,8,11);2-7H2,1H3;1-4H2;6*1H4. The van der Waals surface area contributed by atoms with Crippen LogP contribution in [0, 0.1) is 0 Å². The molecule has 8 amide bonds. The summed E-state index contributed by atoms with van der Waals surface area (Å²) in [5, 5.41) is 21.2. The molecule has 6 rings (SSSR count). The summed E-state index contributed by atoms with van der Waals surface area (Å²) in [6.07, 6.45) is 19.5. The Kier molecular flexibility index (Phi) is 79.4. The Morgan fingerprint density at radius 1 is 0.426 bits per heavy atom. The van der Waals surface area contributed by atoms with E-state index >= 15 is 0 Å². The molecule has 0 aromatic heterocycles. The molecule has 0 radical (unpaired) electrons. The van der Waals surface area contributed by atoms with Gasteiger partial charge >= 0.3 is 54.3 Å². The van der Waals surface area contributed by atoms with Crippen LogP contribution in [0.1, 0.15) is 255 Å². The number of hydrogen-bond donors (Lipinski definition) is 11. The minimum Gasteiger partial charge on any atom is -0.469 e. The van der Waals surface area contributed by atoms with Gasteiger partial charge in [-0.1, -0.05) is 214 Å². The molecule has 0 bridgehead atoms. The van der Waals surface area contributed by atoms with Crippen LogP contribution in [0.4, 0.5) is 24.0 Å². The molecule has 5 atom stereocenters. The third-order valence-corrected chi connectivity index (χ3v) is 16.4. The lowest BCUT2D eigenvalue weighted by Crippen LogP contribution is -2.51. The second-order valence-electron chi connectivity index (χ2n) is 25.6. The summed E-state index contributed by atoms with van der Waals surface area (Å²) < 4.78 is 37.8. The van der Waals surface area contributed by atoms with Crippen molar-refractivity contribution in [3.63, 3.8) is 0 Å². The van der Waals surface area contributed by atoms with Crippen molar-refractivity contribution in [3.8, 4) is 0 Å². The molecular formula is C84H149N11O20. The zero-order valence-electron chi connectivity index (χ0n) is 64.8. The highest BCUT2D eigenvalue weighted by Gasteiger charge is 2.33. The van der Waals surface area contributed by atoms with E-state index < -0.39 is 90.5 Å². The van der Waals surface area contributed by atoms with Gasteiger partial charge in [0.15, 0.2) is 0 Å². The molecule has 3 heterocycles. The second kappa shape index (κ2) is 78.4. The van der Waals surface area contributed by atoms with Gasteiger partial charge < -0.3 is 97.6 Å². The molecular weight excluding hydrogens is 1480 g/mol. The van der Waals surface area contributed by atoms with Crippen LogP contribution in [-0.2, 0) is 91.3 Å². The van der Waals surface area contributed by atoms with Crippen molar-refractivity contribution < 1.29 is 95.4 Å². The van der Waals surface area contributed by atoms with Gasteiger partial charge in [0, 0.05) is 58.8 Å². The van der Waals surface area contributed by atoms with Crippen molar-refractivity contribution in [1.29, 1.82) is 0 Å². The van der Waals surface area contributed by atoms with E-state index in [1.807, 2.05) is 91.0 Å². The molecule has 3 aromatic rings. The molecule has 5 unspecified atom stereocenters. The lowest BCUT2D eigenvalue weighted by molar-refractivity contribution is -0.142. The number of cyclic esters (lactones) is 4. The van der Waals surface area contributed by atoms with E-state index in [1.54, 1.807) is 0 Å². The number of amides is 8. The van der Waals surface area contributed by atoms with Gasteiger partial charge in [0.25, 0.3) is 0 Å². The molecule has 14 N–H and O–H groups in total. The molecule has 0 spiro atoms. The molecule has 3 saturated heterocycles. The van der Waals surface area contributed by atoms with Crippen LogP contribution in [0.5, 0.6) is 0 Å². The van der Waals surface area contributed by atoms with Crippen LogP contribution in [0.3, 0.4) is 0 Å². The van der Waals surface area contributed by atoms with Crippen LogP contribution in [0.2, 0.25) is 0 Å². The topological polar surface area (TPSA) is 453 Å². The van der Waals surface area contributed by atoms with Crippen molar-refractivity contribution in [2.24, 2.45) is 17.2 Å². The van der Waals surface area contributed by atoms with Gasteiger partial charge in [-0.2, -0.15) is 0 Å². The first-order valence-electron chi connectivity index (χ1n) is 38.4. The third-order valence-electron chi connectivity index (χ3n) is 16.4. The molecule has 115 heavy (non-hydrogen) atoms. The normalized spacial score (nSPS) is 13.6. The largest absolute Gasteiger partial charge is 0.469 e. The summed E-state index contributed by atoms with van der Waals surface area (Å²) in [6, 6.07) is 24.9.